The van der Waals surface area contributed by atoms with Crippen molar-refractivity contribution in [2.24, 2.45) is 7.05 Å². The third-order valence-corrected chi connectivity index (χ3v) is 5.31. The number of hydrogen-bond acceptors (Lipinski definition) is 2. The van der Waals surface area contributed by atoms with Crippen molar-refractivity contribution >= 4 is 11.7 Å². The second-order valence-electron chi connectivity index (χ2n) is 7.83. The highest BCUT2D eigenvalue weighted by Gasteiger charge is 2.06. The van der Waals surface area contributed by atoms with Crippen molar-refractivity contribution in [1.82, 2.24) is 5.32 Å². The molecule has 0 atom stereocenters. The van der Waals surface area contributed by atoms with Crippen LogP contribution in [0.1, 0.15) is 11.1 Å². The van der Waals surface area contributed by atoms with Gasteiger partial charge in [-0.05, 0) is 47.0 Å². The summed E-state index contributed by atoms with van der Waals surface area (Å²) in [7, 11) is 1.95. The van der Waals surface area contributed by atoms with Crippen molar-refractivity contribution in [2.45, 2.75) is 13.0 Å². The highest BCUT2D eigenvalue weighted by Crippen LogP contribution is 2.24. The smallest absolute Gasteiger partial charge is 0.319 e. The van der Waals surface area contributed by atoms with Crippen molar-refractivity contribution < 1.29 is 14.1 Å². The quantitative estimate of drug-likeness (QED) is 0.375. The molecule has 0 aliphatic carbocycles. The van der Waals surface area contributed by atoms with E-state index in [9.17, 15) is 4.79 Å². The average molecular weight is 439 g/mol. The molecule has 4 aromatic rings. The van der Waals surface area contributed by atoms with Crippen LogP contribution in [0.3, 0.4) is 0 Å². The van der Waals surface area contributed by atoms with Gasteiger partial charge in [0.05, 0.1) is 13.2 Å². The van der Waals surface area contributed by atoms with Crippen LogP contribution in [0.5, 0.6) is 5.75 Å². The molecule has 5 nitrogen and oxygen atoms in total. The van der Waals surface area contributed by atoms with Crippen molar-refractivity contribution in [3.8, 4) is 16.9 Å². The lowest BCUT2D eigenvalue weighted by atomic mass is 9.98. The molecule has 166 valence electrons. The van der Waals surface area contributed by atoms with E-state index in [1.807, 2.05) is 66.5 Å². The Hall–Kier alpha value is -4.12. The lowest BCUT2D eigenvalue weighted by Crippen LogP contribution is -2.31. The molecule has 5 heteroatoms. The number of ether oxygens (including phenoxy) is 1. The Balaban J connectivity index is 1.26. The van der Waals surface area contributed by atoms with E-state index in [1.54, 1.807) is 0 Å². The second kappa shape index (κ2) is 11.0. The Bertz CT molecular complexity index is 1190. The molecule has 0 saturated heterocycles. The zero-order valence-electron chi connectivity index (χ0n) is 18.7. The SMILES string of the molecule is C[n+]1cccc(CNC(=O)Nc2ccc(OCCc3ccccc3-c3ccccc3)cc2)c1. The Labute approximate surface area is 194 Å². The lowest BCUT2D eigenvalue weighted by Gasteiger charge is -2.12. The number of aryl methyl sites for hydroxylation is 1. The third kappa shape index (κ3) is 6.43. The van der Waals surface area contributed by atoms with Crippen LogP contribution in [0, 0.1) is 0 Å². The molecular formula is C28H28N3O2+. The largest absolute Gasteiger partial charge is 0.493 e. The van der Waals surface area contributed by atoms with Crippen LogP contribution >= 0.6 is 0 Å². The van der Waals surface area contributed by atoms with Gasteiger partial charge in [-0.25, -0.2) is 9.36 Å². The fourth-order valence-corrected chi connectivity index (χ4v) is 3.66. The van der Waals surface area contributed by atoms with E-state index >= 15 is 0 Å². The molecule has 1 heterocycles. The lowest BCUT2D eigenvalue weighted by molar-refractivity contribution is -0.671. The number of pyridine rings is 1. The maximum absolute atomic E-state index is 12.2. The summed E-state index contributed by atoms with van der Waals surface area (Å²) in [6.45, 7) is 1.04. The first-order valence-corrected chi connectivity index (χ1v) is 11.0. The highest BCUT2D eigenvalue weighted by atomic mass is 16.5. The number of amides is 2. The summed E-state index contributed by atoms with van der Waals surface area (Å²) < 4.78 is 7.90. The Morgan fingerprint density at radius 2 is 1.64 bits per heavy atom. The first-order valence-electron chi connectivity index (χ1n) is 11.0. The fourth-order valence-electron chi connectivity index (χ4n) is 3.66. The van der Waals surface area contributed by atoms with E-state index in [0.717, 1.165) is 17.7 Å². The van der Waals surface area contributed by atoms with E-state index in [-0.39, 0.29) is 6.03 Å². The Morgan fingerprint density at radius 3 is 2.42 bits per heavy atom. The molecular weight excluding hydrogens is 410 g/mol. The van der Waals surface area contributed by atoms with Gasteiger partial charge < -0.3 is 15.4 Å². The van der Waals surface area contributed by atoms with E-state index < -0.39 is 0 Å². The van der Waals surface area contributed by atoms with Gasteiger partial charge in [-0.3, -0.25) is 0 Å². The minimum Gasteiger partial charge on any atom is -0.493 e. The number of hydrogen-bond donors (Lipinski definition) is 2. The summed E-state index contributed by atoms with van der Waals surface area (Å²) in [4.78, 5) is 12.2. The van der Waals surface area contributed by atoms with Crippen molar-refractivity contribution in [3.05, 3.63) is 115 Å². The van der Waals surface area contributed by atoms with Crippen LogP contribution in [-0.4, -0.2) is 12.6 Å². The van der Waals surface area contributed by atoms with Crippen LogP contribution in [0.25, 0.3) is 11.1 Å². The topological polar surface area (TPSA) is 54.2 Å². The molecule has 0 radical (unpaired) electrons. The number of anilines is 1. The van der Waals surface area contributed by atoms with E-state index in [2.05, 4.69) is 59.2 Å². The van der Waals surface area contributed by atoms with E-state index in [0.29, 0.717) is 18.8 Å². The summed E-state index contributed by atoms with van der Waals surface area (Å²) in [5.41, 5.74) is 5.45. The molecule has 0 fully saturated rings. The van der Waals surface area contributed by atoms with Crippen LogP contribution in [0.4, 0.5) is 10.5 Å². The summed E-state index contributed by atoms with van der Waals surface area (Å²) in [5, 5.41) is 5.72. The number of urea groups is 1. The molecule has 0 aliphatic heterocycles. The summed E-state index contributed by atoms with van der Waals surface area (Å²) in [6.07, 6.45) is 4.74. The van der Waals surface area contributed by atoms with Crippen molar-refractivity contribution in [2.75, 3.05) is 11.9 Å². The van der Waals surface area contributed by atoms with Crippen molar-refractivity contribution in [1.29, 1.82) is 0 Å². The Kier molecular flexibility index (Phi) is 7.33. The van der Waals surface area contributed by atoms with Gasteiger partial charge in [0.15, 0.2) is 12.4 Å². The predicted molar refractivity (Wildman–Crippen MR) is 131 cm³/mol. The monoisotopic (exact) mass is 438 g/mol. The number of carbonyl (C=O) groups excluding carboxylic acids is 1. The molecule has 3 aromatic carbocycles. The molecule has 0 aliphatic rings. The fraction of sp³-hybridized carbons (Fsp3) is 0.143. The molecule has 0 unspecified atom stereocenters. The number of benzene rings is 3. The van der Waals surface area contributed by atoms with Gasteiger partial charge in [0.1, 0.15) is 12.8 Å². The first kappa shape index (κ1) is 22.1. The van der Waals surface area contributed by atoms with Gasteiger partial charge in [-0.1, -0.05) is 54.6 Å². The summed E-state index contributed by atoms with van der Waals surface area (Å²) in [6, 6.07) is 29.9. The minimum absolute atomic E-state index is 0.243. The molecule has 0 spiro atoms. The zero-order chi connectivity index (χ0) is 22.9. The van der Waals surface area contributed by atoms with Crippen molar-refractivity contribution in [3.63, 3.8) is 0 Å². The van der Waals surface area contributed by atoms with Crippen LogP contribution < -0.4 is 19.9 Å². The summed E-state index contributed by atoms with van der Waals surface area (Å²) in [5.74, 6) is 0.773. The number of nitrogens with zero attached hydrogens (tertiary/aromatic N) is 1. The molecule has 2 N–H and O–H groups in total. The number of carbonyl (C=O) groups is 1. The van der Waals surface area contributed by atoms with Crippen LogP contribution in [-0.2, 0) is 20.0 Å². The third-order valence-electron chi connectivity index (χ3n) is 5.31. The standard InChI is InChI=1S/C28H27N3O2/c1-31-18-7-8-22(21-31)20-29-28(32)30-25-13-15-26(16-14-25)33-19-17-24-11-5-6-12-27(24)23-9-3-2-4-10-23/h2-16,18,21H,17,19-20H2,1H3,(H-,29,30,32)/p+1. The number of rotatable bonds is 8. The number of aromatic nitrogens is 1. The molecule has 1 aromatic heterocycles. The molecule has 0 bridgehead atoms. The maximum Gasteiger partial charge on any atom is 0.319 e. The maximum atomic E-state index is 12.2. The minimum atomic E-state index is -0.243. The normalized spacial score (nSPS) is 10.5. The zero-order valence-corrected chi connectivity index (χ0v) is 18.7. The number of nitrogens with one attached hydrogen (secondary N) is 2. The second-order valence-corrected chi connectivity index (χ2v) is 7.83. The first-order chi connectivity index (χ1) is 16.2. The van der Waals surface area contributed by atoms with Gasteiger partial charge in [0, 0.05) is 23.7 Å². The van der Waals surface area contributed by atoms with Gasteiger partial charge in [0.25, 0.3) is 0 Å². The predicted octanol–water partition coefficient (Wildman–Crippen LogP) is 5.12. The van der Waals surface area contributed by atoms with Crippen LogP contribution in [0.2, 0.25) is 0 Å². The molecule has 4 rings (SSSR count). The van der Waals surface area contributed by atoms with E-state index in [1.165, 1.54) is 16.7 Å². The molecule has 33 heavy (non-hydrogen) atoms. The average Bonchev–Trinajstić information content (AvgIpc) is 2.85. The molecule has 2 amide bonds. The van der Waals surface area contributed by atoms with Gasteiger partial charge in [-0.15, -0.1) is 0 Å². The highest BCUT2D eigenvalue weighted by molar-refractivity contribution is 5.89. The van der Waals surface area contributed by atoms with E-state index in [4.69, 9.17) is 4.74 Å². The van der Waals surface area contributed by atoms with Crippen LogP contribution in [0.15, 0.2) is 103 Å². The Morgan fingerprint density at radius 1 is 0.879 bits per heavy atom. The molecule has 0 saturated carbocycles. The van der Waals surface area contributed by atoms with Gasteiger partial charge in [-0.2, -0.15) is 0 Å². The van der Waals surface area contributed by atoms with Gasteiger partial charge >= 0.3 is 6.03 Å². The van der Waals surface area contributed by atoms with Gasteiger partial charge in [0.2, 0.25) is 0 Å². The summed E-state index contributed by atoms with van der Waals surface area (Å²) >= 11 is 0.